The number of rotatable bonds is 5. The van der Waals surface area contributed by atoms with E-state index in [1.165, 1.54) is 11.9 Å². The molecule has 0 heterocycles. The Bertz CT molecular complexity index is 1520. The lowest BCUT2D eigenvalue weighted by molar-refractivity contribution is -0.189. The van der Waals surface area contributed by atoms with Crippen molar-refractivity contribution in [3.8, 4) is 0 Å². The Balaban J connectivity index is 1.57. The van der Waals surface area contributed by atoms with Gasteiger partial charge >= 0.3 is 12.1 Å². The fourth-order valence-electron chi connectivity index (χ4n) is 7.55. The molecule has 3 aliphatic carbocycles. The monoisotopic (exact) mass is 621 g/mol. The van der Waals surface area contributed by atoms with Crippen LogP contribution in [0.5, 0.6) is 0 Å². The minimum absolute atomic E-state index is 0.169. The van der Waals surface area contributed by atoms with Crippen LogP contribution in [0.2, 0.25) is 5.02 Å². The molecule has 0 radical (unpaired) electrons. The molecule has 3 aliphatic rings. The van der Waals surface area contributed by atoms with Crippen LogP contribution in [0.15, 0.2) is 77.9 Å². The van der Waals surface area contributed by atoms with Crippen LogP contribution < -0.4 is 4.90 Å². The first-order valence-electron chi connectivity index (χ1n) is 14.9. The molecular formula is C35H40ClNO7. The summed E-state index contributed by atoms with van der Waals surface area (Å²) < 4.78 is 11.6. The molecule has 7 atom stereocenters. The van der Waals surface area contributed by atoms with Gasteiger partial charge in [0.2, 0.25) is 0 Å². The number of esters is 1. The van der Waals surface area contributed by atoms with Crippen LogP contribution in [0.1, 0.15) is 51.4 Å². The van der Waals surface area contributed by atoms with Gasteiger partial charge in [-0.3, -0.25) is 9.69 Å². The first-order chi connectivity index (χ1) is 20.6. The molecule has 2 aromatic rings. The fraction of sp³-hybridized carbons (Fsp3) is 0.457. The maximum atomic E-state index is 14.7. The van der Waals surface area contributed by atoms with Crippen LogP contribution in [-0.2, 0) is 14.3 Å². The van der Waals surface area contributed by atoms with Crippen LogP contribution in [-0.4, -0.2) is 59.5 Å². The zero-order valence-corrected chi connectivity index (χ0v) is 26.7. The molecule has 0 aliphatic heterocycles. The van der Waals surface area contributed by atoms with Crippen LogP contribution >= 0.6 is 11.6 Å². The highest BCUT2D eigenvalue weighted by Gasteiger charge is 2.73. The molecule has 9 heteroatoms. The van der Waals surface area contributed by atoms with Crippen LogP contribution in [0.3, 0.4) is 0 Å². The first kappa shape index (κ1) is 31.9. The van der Waals surface area contributed by atoms with Crippen molar-refractivity contribution in [3.05, 3.63) is 88.5 Å². The molecule has 1 saturated carbocycles. The Morgan fingerprint density at radius 3 is 2.34 bits per heavy atom. The molecule has 44 heavy (non-hydrogen) atoms. The Labute approximate surface area is 263 Å². The van der Waals surface area contributed by atoms with Crippen molar-refractivity contribution in [2.45, 2.75) is 58.8 Å². The first-order valence-corrected chi connectivity index (χ1v) is 15.3. The topological polar surface area (TPSA) is 113 Å². The summed E-state index contributed by atoms with van der Waals surface area (Å²) in [4.78, 5) is 42.4. The van der Waals surface area contributed by atoms with E-state index in [0.29, 0.717) is 28.3 Å². The van der Waals surface area contributed by atoms with Gasteiger partial charge in [0.25, 0.3) is 0 Å². The lowest BCUT2D eigenvalue weighted by atomic mass is 9.59. The molecule has 1 spiro atoms. The fourth-order valence-corrected chi connectivity index (χ4v) is 7.67. The van der Waals surface area contributed by atoms with Gasteiger partial charge < -0.3 is 19.7 Å². The number of hydrogen-bond acceptors (Lipinski definition) is 7. The number of fused-ring (bicyclic) bond motifs is 1. The van der Waals surface area contributed by atoms with E-state index in [1.807, 2.05) is 13.8 Å². The van der Waals surface area contributed by atoms with Gasteiger partial charge in [-0.2, -0.15) is 0 Å². The smallest absolute Gasteiger partial charge is 0.414 e. The van der Waals surface area contributed by atoms with Crippen molar-refractivity contribution < 1.29 is 34.1 Å². The maximum absolute atomic E-state index is 14.7. The number of Topliss-reactive ketones (excluding diaryl/α,β-unsaturated/α-hetero) is 1. The number of nitrogens with zero attached hydrogens (tertiary/aromatic N) is 1. The number of amides is 1. The number of allylic oxidation sites excluding steroid dienone is 1. The molecule has 0 saturated heterocycles. The van der Waals surface area contributed by atoms with E-state index in [-0.39, 0.29) is 29.3 Å². The van der Waals surface area contributed by atoms with Crippen molar-refractivity contribution >= 4 is 35.1 Å². The van der Waals surface area contributed by atoms with Gasteiger partial charge in [-0.25, -0.2) is 9.59 Å². The third-order valence-corrected chi connectivity index (χ3v) is 10.5. The van der Waals surface area contributed by atoms with Crippen molar-refractivity contribution in [1.82, 2.24) is 0 Å². The number of benzene rings is 2. The summed E-state index contributed by atoms with van der Waals surface area (Å²) in [6.45, 7) is 9.43. The normalized spacial score (nSPS) is 32.4. The van der Waals surface area contributed by atoms with Gasteiger partial charge in [0.1, 0.15) is 12.7 Å². The maximum Gasteiger partial charge on any atom is 0.414 e. The zero-order valence-electron chi connectivity index (χ0n) is 25.9. The molecule has 8 nitrogen and oxygen atoms in total. The molecular weight excluding hydrogens is 582 g/mol. The summed E-state index contributed by atoms with van der Waals surface area (Å²) >= 11 is 6.02. The number of carbonyl (C=O) groups excluding carboxylic acids is 3. The van der Waals surface area contributed by atoms with Gasteiger partial charge in [-0.1, -0.05) is 69.6 Å². The van der Waals surface area contributed by atoms with Crippen molar-refractivity contribution in [2.24, 2.45) is 28.6 Å². The SMILES string of the molecule is CC1=C[C@]23C(=O)[C@@H](C=C(COC(=O)c4ccccc4)[C@@H](O)[C@]2(O)[C@H]1OC(=O)N(C)c1ccc(Cl)cc1)[C@H](C)C(C)(C)C[C@H]3C. The number of aliphatic hydroxyl groups excluding tert-OH is 1. The van der Waals surface area contributed by atoms with Crippen LogP contribution in [0.25, 0.3) is 0 Å². The Kier molecular flexibility index (Phi) is 8.33. The van der Waals surface area contributed by atoms with E-state index < -0.39 is 47.1 Å². The van der Waals surface area contributed by atoms with Gasteiger partial charge in [0, 0.05) is 23.7 Å². The summed E-state index contributed by atoms with van der Waals surface area (Å²) in [7, 11) is 1.52. The number of anilines is 1. The lowest BCUT2D eigenvalue weighted by Crippen LogP contribution is -2.66. The average molecular weight is 622 g/mol. The van der Waals surface area contributed by atoms with E-state index in [1.54, 1.807) is 73.7 Å². The number of ether oxygens (including phenoxy) is 2. The minimum Gasteiger partial charge on any atom is -0.457 e. The molecule has 0 unspecified atom stereocenters. The standard InChI is InChI=1S/C35H40ClNO7/c1-20-17-34-21(2)18-33(4,5)22(3)27(29(34)39)16-24(19-43-31(40)23-10-8-7-9-11-23)28(38)35(34,42)30(20)44-32(41)37(6)26-14-12-25(36)13-15-26/h7-17,21-22,27-28,30,38,42H,18-19H2,1-6H3/t21-,22+,27+,28-,30+,34+,35+/m1/s1. The Morgan fingerprint density at radius 1 is 1.07 bits per heavy atom. The molecule has 2 aromatic carbocycles. The second-order valence-corrected chi connectivity index (χ2v) is 13.7. The highest BCUT2D eigenvalue weighted by atomic mass is 35.5. The summed E-state index contributed by atoms with van der Waals surface area (Å²) in [5.41, 5.74) is -2.69. The minimum atomic E-state index is -2.27. The number of hydrogen-bond donors (Lipinski definition) is 2. The second-order valence-electron chi connectivity index (χ2n) is 13.2. The predicted octanol–water partition coefficient (Wildman–Crippen LogP) is 6.00. The molecule has 234 valence electrons. The van der Waals surface area contributed by atoms with Crippen LogP contribution in [0, 0.1) is 28.6 Å². The Hall–Kier alpha value is -3.46. The number of carbonyl (C=O) groups is 3. The summed E-state index contributed by atoms with van der Waals surface area (Å²) in [6.07, 6.45) is 0.101. The van der Waals surface area contributed by atoms with E-state index >= 15 is 0 Å². The van der Waals surface area contributed by atoms with E-state index in [0.717, 1.165) is 0 Å². The molecule has 5 rings (SSSR count). The summed E-state index contributed by atoms with van der Waals surface area (Å²) in [5.74, 6) is -2.15. The molecule has 1 fully saturated rings. The summed E-state index contributed by atoms with van der Waals surface area (Å²) in [5, 5.41) is 25.5. The zero-order chi connectivity index (χ0) is 32.2. The third-order valence-electron chi connectivity index (χ3n) is 10.3. The lowest BCUT2D eigenvalue weighted by Gasteiger charge is -2.49. The quantitative estimate of drug-likeness (QED) is 0.311. The predicted molar refractivity (Wildman–Crippen MR) is 167 cm³/mol. The highest BCUT2D eigenvalue weighted by Crippen LogP contribution is 2.62. The molecule has 1 amide bonds. The second kappa shape index (κ2) is 11.5. The largest absolute Gasteiger partial charge is 0.457 e. The summed E-state index contributed by atoms with van der Waals surface area (Å²) in [6, 6.07) is 15.0. The number of aliphatic hydroxyl groups is 2. The van der Waals surface area contributed by atoms with E-state index in [4.69, 9.17) is 21.1 Å². The van der Waals surface area contributed by atoms with Gasteiger partial charge in [-0.05, 0) is 78.1 Å². The van der Waals surface area contributed by atoms with Gasteiger partial charge in [0.15, 0.2) is 17.5 Å². The Morgan fingerprint density at radius 2 is 1.70 bits per heavy atom. The van der Waals surface area contributed by atoms with E-state index in [9.17, 15) is 24.6 Å². The molecule has 0 aromatic heterocycles. The highest BCUT2D eigenvalue weighted by molar-refractivity contribution is 6.30. The number of halogens is 1. The van der Waals surface area contributed by atoms with Crippen molar-refractivity contribution in [3.63, 3.8) is 0 Å². The third kappa shape index (κ3) is 4.97. The van der Waals surface area contributed by atoms with E-state index in [2.05, 4.69) is 13.8 Å². The van der Waals surface area contributed by atoms with Crippen molar-refractivity contribution in [1.29, 1.82) is 0 Å². The van der Waals surface area contributed by atoms with Gasteiger partial charge in [-0.15, -0.1) is 0 Å². The number of ketones is 1. The van der Waals surface area contributed by atoms with Gasteiger partial charge in [0.05, 0.1) is 11.0 Å². The molecule has 2 bridgehead atoms. The molecule has 2 N–H and O–H groups in total. The van der Waals surface area contributed by atoms with Crippen molar-refractivity contribution in [2.75, 3.05) is 18.6 Å². The average Bonchev–Trinajstić information content (AvgIpc) is 3.17. The van der Waals surface area contributed by atoms with Crippen LogP contribution in [0.4, 0.5) is 10.5 Å².